The van der Waals surface area contributed by atoms with E-state index >= 15 is 0 Å². The SMILES string of the molecule is CNCCSC1Cc2ccccc2Oc2ccc(Cl)cc21. The lowest BCUT2D eigenvalue weighted by Gasteiger charge is -2.16. The Bertz CT molecular complexity index is 632. The second-order valence-corrected chi connectivity index (χ2v) is 6.81. The topological polar surface area (TPSA) is 21.3 Å². The van der Waals surface area contributed by atoms with Crippen molar-refractivity contribution in [1.82, 2.24) is 5.32 Å². The standard InChI is InChI=1S/C17H18ClNOS/c1-19-8-9-21-17-10-12-4-2-3-5-15(12)20-16-7-6-13(18)11-14(16)17/h2-7,11,17,19H,8-10H2,1H3. The molecule has 2 aromatic carbocycles. The Balaban J connectivity index is 1.96. The number of fused-ring (bicyclic) bond motifs is 2. The Morgan fingerprint density at radius 1 is 1.24 bits per heavy atom. The number of thioether (sulfide) groups is 1. The van der Waals surface area contributed by atoms with Gasteiger partial charge in [0.05, 0.1) is 0 Å². The predicted molar refractivity (Wildman–Crippen MR) is 90.8 cm³/mol. The summed E-state index contributed by atoms with van der Waals surface area (Å²) in [4.78, 5) is 0. The second kappa shape index (κ2) is 6.73. The average Bonchev–Trinajstić information content (AvgIpc) is 2.64. The summed E-state index contributed by atoms with van der Waals surface area (Å²) < 4.78 is 6.11. The molecule has 0 saturated carbocycles. The first-order valence-electron chi connectivity index (χ1n) is 7.09. The fourth-order valence-corrected chi connectivity index (χ4v) is 3.96. The van der Waals surface area contributed by atoms with Gasteiger partial charge in [-0.05, 0) is 43.3 Å². The van der Waals surface area contributed by atoms with E-state index < -0.39 is 0 Å². The highest BCUT2D eigenvalue weighted by Crippen LogP contribution is 2.44. The van der Waals surface area contributed by atoms with Gasteiger partial charge in [-0.25, -0.2) is 0 Å². The Morgan fingerprint density at radius 2 is 2.10 bits per heavy atom. The van der Waals surface area contributed by atoms with Crippen LogP contribution in [0.25, 0.3) is 0 Å². The molecule has 2 aromatic rings. The van der Waals surface area contributed by atoms with Crippen molar-refractivity contribution in [1.29, 1.82) is 0 Å². The number of hydrogen-bond acceptors (Lipinski definition) is 3. The molecule has 1 aliphatic heterocycles. The van der Waals surface area contributed by atoms with Crippen LogP contribution in [0, 0.1) is 0 Å². The Morgan fingerprint density at radius 3 is 2.95 bits per heavy atom. The van der Waals surface area contributed by atoms with Crippen molar-refractivity contribution < 1.29 is 4.74 Å². The lowest BCUT2D eigenvalue weighted by atomic mass is 10.0. The molecule has 1 unspecified atom stereocenters. The van der Waals surface area contributed by atoms with Gasteiger partial charge in [-0.15, -0.1) is 0 Å². The maximum atomic E-state index is 6.19. The van der Waals surface area contributed by atoms with Crippen LogP contribution < -0.4 is 10.1 Å². The number of nitrogens with one attached hydrogen (secondary N) is 1. The lowest BCUT2D eigenvalue weighted by molar-refractivity contribution is 0.479. The third-order valence-electron chi connectivity index (χ3n) is 3.59. The number of ether oxygens (including phenoxy) is 1. The van der Waals surface area contributed by atoms with E-state index in [0.29, 0.717) is 5.25 Å². The molecule has 0 amide bonds. The fourth-order valence-electron chi connectivity index (χ4n) is 2.52. The van der Waals surface area contributed by atoms with E-state index in [1.54, 1.807) is 0 Å². The third-order valence-corrected chi connectivity index (χ3v) is 5.09. The van der Waals surface area contributed by atoms with E-state index in [4.69, 9.17) is 16.3 Å². The van der Waals surface area contributed by atoms with Gasteiger partial charge in [-0.1, -0.05) is 29.8 Å². The molecule has 1 N–H and O–H groups in total. The fraction of sp³-hybridized carbons (Fsp3) is 0.294. The van der Waals surface area contributed by atoms with Crippen LogP contribution >= 0.6 is 23.4 Å². The van der Waals surface area contributed by atoms with E-state index in [1.807, 2.05) is 49.1 Å². The zero-order chi connectivity index (χ0) is 14.7. The number of rotatable bonds is 4. The minimum absolute atomic E-state index is 0.371. The molecule has 1 heterocycles. The molecule has 0 aromatic heterocycles. The van der Waals surface area contributed by atoms with Crippen LogP contribution in [0.15, 0.2) is 42.5 Å². The molecule has 110 valence electrons. The van der Waals surface area contributed by atoms with Gasteiger partial charge in [-0.3, -0.25) is 0 Å². The summed E-state index contributed by atoms with van der Waals surface area (Å²) in [7, 11) is 1.98. The highest BCUT2D eigenvalue weighted by molar-refractivity contribution is 7.99. The van der Waals surface area contributed by atoms with E-state index in [1.165, 1.54) is 11.1 Å². The van der Waals surface area contributed by atoms with Crippen molar-refractivity contribution in [3.05, 3.63) is 58.6 Å². The molecule has 2 nitrogen and oxygen atoms in total. The number of halogens is 1. The normalized spacial score (nSPS) is 16.6. The quantitative estimate of drug-likeness (QED) is 0.827. The smallest absolute Gasteiger partial charge is 0.131 e. The summed E-state index contributed by atoms with van der Waals surface area (Å²) in [6.07, 6.45) is 0.970. The molecule has 1 atom stereocenters. The largest absolute Gasteiger partial charge is 0.457 e. The first-order chi connectivity index (χ1) is 10.3. The van der Waals surface area contributed by atoms with Crippen molar-refractivity contribution in [2.45, 2.75) is 11.7 Å². The lowest BCUT2D eigenvalue weighted by Crippen LogP contribution is -2.11. The molecule has 21 heavy (non-hydrogen) atoms. The van der Waals surface area contributed by atoms with Crippen molar-refractivity contribution in [3.8, 4) is 11.5 Å². The van der Waals surface area contributed by atoms with Crippen molar-refractivity contribution in [2.75, 3.05) is 19.3 Å². The van der Waals surface area contributed by atoms with E-state index in [-0.39, 0.29) is 0 Å². The monoisotopic (exact) mass is 319 g/mol. The second-order valence-electron chi connectivity index (χ2n) is 5.06. The van der Waals surface area contributed by atoms with Crippen LogP contribution in [-0.4, -0.2) is 19.3 Å². The Hall–Kier alpha value is -1.16. The van der Waals surface area contributed by atoms with Gasteiger partial charge in [0.25, 0.3) is 0 Å². The van der Waals surface area contributed by atoms with Crippen molar-refractivity contribution >= 4 is 23.4 Å². The van der Waals surface area contributed by atoms with Crippen LogP contribution in [-0.2, 0) is 6.42 Å². The molecule has 0 bridgehead atoms. The van der Waals surface area contributed by atoms with Crippen molar-refractivity contribution in [3.63, 3.8) is 0 Å². The summed E-state index contributed by atoms with van der Waals surface area (Å²) >= 11 is 8.14. The van der Waals surface area contributed by atoms with Crippen LogP contribution in [0.5, 0.6) is 11.5 Å². The van der Waals surface area contributed by atoms with Gasteiger partial charge in [0.1, 0.15) is 11.5 Å². The van der Waals surface area contributed by atoms with Gasteiger partial charge in [0.2, 0.25) is 0 Å². The van der Waals surface area contributed by atoms with E-state index in [0.717, 1.165) is 35.2 Å². The summed E-state index contributed by atoms with van der Waals surface area (Å²) in [6.45, 7) is 1.000. The molecule has 4 heteroatoms. The van der Waals surface area contributed by atoms with Gasteiger partial charge in [-0.2, -0.15) is 11.8 Å². The summed E-state index contributed by atoms with van der Waals surface area (Å²) in [5, 5.41) is 4.34. The predicted octanol–water partition coefficient (Wildman–Crippen LogP) is 4.68. The maximum Gasteiger partial charge on any atom is 0.131 e. The van der Waals surface area contributed by atoms with E-state index in [2.05, 4.69) is 17.4 Å². The number of para-hydroxylation sites is 1. The van der Waals surface area contributed by atoms with Crippen LogP contribution in [0.2, 0.25) is 5.02 Å². The van der Waals surface area contributed by atoms with Crippen molar-refractivity contribution in [2.24, 2.45) is 0 Å². The minimum Gasteiger partial charge on any atom is -0.457 e. The highest BCUT2D eigenvalue weighted by Gasteiger charge is 2.23. The molecule has 0 saturated heterocycles. The maximum absolute atomic E-state index is 6.19. The number of hydrogen-bond donors (Lipinski definition) is 1. The first-order valence-corrected chi connectivity index (χ1v) is 8.52. The molecule has 0 aliphatic carbocycles. The van der Waals surface area contributed by atoms with Crippen LogP contribution in [0.1, 0.15) is 16.4 Å². The summed E-state index contributed by atoms with van der Waals surface area (Å²) in [5.74, 6) is 2.94. The van der Waals surface area contributed by atoms with Gasteiger partial charge in [0.15, 0.2) is 0 Å². The number of benzene rings is 2. The van der Waals surface area contributed by atoms with Gasteiger partial charge in [0, 0.05) is 28.1 Å². The van der Waals surface area contributed by atoms with E-state index in [9.17, 15) is 0 Å². The summed E-state index contributed by atoms with van der Waals surface area (Å²) in [6, 6.07) is 14.2. The molecular weight excluding hydrogens is 302 g/mol. The molecular formula is C17H18ClNOS. The molecule has 0 spiro atoms. The van der Waals surface area contributed by atoms with Gasteiger partial charge < -0.3 is 10.1 Å². The average molecular weight is 320 g/mol. The Kier molecular flexibility index (Phi) is 4.73. The first kappa shape index (κ1) is 14.8. The highest BCUT2D eigenvalue weighted by atomic mass is 35.5. The zero-order valence-corrected chi connectivity index (χ0v) is 13.5. The summed E-state index contributed by atoms with van der Waals surface area (Å²) in [5.41, 5.74) is 2.45. The minimum atomic E-state index is 0.371. The molecule has 0 radical (unpaired) electrons. The third kappa shape index (κ3) is 3.37. The molecule has 3 rings (SSSR count). The van der Waals surface area contributed by atoms with Crippen LogP contribution in [0.3, 0.4) is 0 Å². The molecule has 1 aliphatic rings. The van der Waals surface area contributed by atoms with Crippen LogP contribution in [0.4, 0.5) is 0 Å². The Labute approximate surface area is 134 Å². The molecule has 0 fully saturated rings. The van der Waals surface area contributed by atoms with Gasteiger partial charge >= 0.3 is 0 Å². The zero-order valence-electron chi connectivity index (χ0n) is 11.9.